The Morgan fingerprint density at radius 3 is 2.93 bits per heavy atom. The summed E-state index contributed by atoms with van der Waals surface area (Å²) < 4.78 is 0. The molecule has 0 radical (unpaired) electrons. The summed E-state index contributed by atoms with van der Waals surface area (Å²) in [6.07, 6.45) is 2.22. The number of carbonyl (C=O) groups excluding carboxylic acids is 1. The van der Waals surface area contributed by atoms with Crippen molar-refractivity contribution in [1.29, 1.82) is 0 Å². The standard InChI is InChI=1S/C9H12ClN3O/c10-8-3-2-7(6-13-8)9(14)12-5-1-4-11/h2-3,6H,1,4-5,11H2,(H,12,14). The van der Waals surface area contributed by atoms with Gasteiger partial charge in [0.05, 0.1) is 5.56 Å². The maximum absolute atomic E-state index is 11.4. The molecule has 0 spiro atoms. The second-order valence-electron chi connectivity index (χ2n) is 2.77. The molecule has 0 unspecified atom stereocenters. The maximum atomic E-state index is 11.4. The highest BCUT2D eigenvalue weighted by Crippen LogP contribution is 2.04. The molecule has 0 aliphatic heterocycles. The van der Waals surface area contributed by atoms with Crippen LogP contribution in [0.15, 0.2) is 18.3 Å². The van der Waals surface area contributed by atoms with Crippen LogP contribution in [0, 0.1) is 0 Å². The fourth-order valence-corrected chi connectivity index (χ4v) is 1.03. The number of nitrogens with two attached hydrogens (primary N) is 1. The summed E-state index contributed by atoms with van der Waals surface area (Å²) in [4.78, 5) is 15.2. The minimum Gasteiger partial charge on any atom is -0.352 e. The highest BCUT2D eigenvalue weighted by Gasteiger charge is 2.03. The first-order valence-corrected chi connectivity index (χ1v) is 4.71. The Bertz CT molecular complexity index is 299. The Balaban J connectivity index is 2.48. The molecular weight excluding hydrogens is 202 g/mol. The Labute approximate surface area is 87.5 Å². The van der Waals surface area contributed by atoms with Crippen LogP contribution in [0.5, 0.6) is 0 Å². The predicted octanol–water partition coefficient (Wildman–Crippen LogP) is 0.814. The van der Waals surface area contributed by atoms with Crippen molar-refractivity contribution in [3.05, 3.63) is 29.0 Å². The molecule has 76 valence electrons. The van der Waals surface area contributed by atoms with Gasteiger partial charge in [-0.05, 0) is 25.1 Å². The average molecular weight is 214 g/mol. The Hall–Kier alpha value is -1.13. The molecule has 5 heteroatoms. The van der Waals surface area contributed by atoms with Gasteiger partial charge in [0, 0.05) is 12.7 Å². The van der Waals surface area contributed by atoms with Crippen LogP contribution in [-0.2, 0) is 0 Å². The molecule has 1 heterocycles. The van der Waals surface area contributed by atoms with Gasteiger partial charge in [0.25, 0.3) is 5.91 Å². The number of hydrogen-bond donors (Lipinski definition) is 2. The van der Waals surface area contributed by atoms with E-state index in [1.165, 1.54) is 6.20 Å². The molecule has 1 aromatic heterocycles. The highest BCUT2D eigenvalue weighted by molar-refractivity contribution is 6.29. The number of amides is 1. The van der Waals surface area contributed by atoms with Crippen LogP contribution < -0.4 is 11.1 Å². The molecule has 0 saturated carbocycles. The lowest BCUT2D eigenvalue weighted by Gasteiger charge is -2.03. The largest absolute Gasteiger partial charge is 0.352 e. The second kappa shape index (κ2) is 5.57. The van der Waals surface area contributed by atoms with Gasteiger partial charge >= 0.3 is 0 Å². The Morgan fingerprint density at radius 1 is 1.57 bits per heavy atom. The van der Waals surface area contributed by atoms with E-state index >= 15 is 0 Å². The van der Waals surface area contributed by atoms with E-state index in [1.807, 2.05) is 0 Å². The third-order valence-electron chi connectivity index (χ3n) is 1.66. The van der Waals surface area contributed by atoms with E-state index in [1.54, 1.807) is 12.1 Å². The van der Waals surface area contributed by atoms with Crippen molar-refractivity contribution in [1.82, 2.24) is 10.3 Å². The Kier molecular flexibility index (Phi) is 4.35. The number of hydrogen-bond acceptors (Lipinski definition) is 3. The van der Waals surface area contributed by atoms with Crippen LogP contribution in [0.1, 0.15) is 16.8 Å². The zero-order valence-electron chi connectivity index (χ0n) is 7.66. The normalized spacial score (nSPS) is 9.86. The van der Waals surface area contributed by atoms with Gasteiger partial charge in [-0.15, -0.1) is 0 Å². The summed E-state index contributed by atoms with van der Waals surface area (Å²) in [5, 5.41) is 3.10. The van der Waals surface area contributed by atoms with Crippen LogP contribution in [-0.4, -0.2) is 24.0 Å². The number of rotatable bonds is 4. The van der Waals surface area contributed by atoms with E-state index in [9.17, 15) is 4.79 Å². The fraction of sp³-hybridized carbons (Fsp3) is 0.333. The van der Waals surface area contributed by atoms with E-state index in [2.05, 4.69) is 10.3 Å². The van der Waals surface area contributed by atoms with Crippen LogP contribution >= 0.6 is 11.6 Å². The number of carbonyl (C=O) groups is 1. The van der Waals surface area contributed by atoms with Crippen LogP contribution in [0.2, 0.25) is 5.15 Å². The quantitative estimate of drug-likeness (QED) is 0.575. The molecule has 3 N–H and O–H groups in total. The summed E-state index contributed by atoms with van der Waals surface area (Å²) in [5.41, 5.74) is 5.80. The summed E-state index contributed by atoms with van der Waals surface area (Å²) in [6, 6.07) is 3.21. The van der Waals surface area contributed by atoms with Crippen molar-refractivity contribution in [3.8, 4) is 0 Å². The summed E-state index contributed by atoms with van der Waals surface area (Å²) in [7, 11) is 0. The van der Waals surface area contributed by atoms with Crippen molar-refractivity contribution < 1.29 is 4.79 Å². The van der Waals surface area contributed by atoms with Crippen molar-refractivity contribution in [2.45, 2.75) is 6.42 Å². The molecule has 14 heavy (non-hydrogen) atoms. The van der Waals surface area contributed by atoms with Gasteiger partial charge in [0.2, 0.25) is 0 Å². The first kappa shape index (κ1) is 10.9. The summed E-state index contributed by atoms with van der Waals surface area (Å²) >= 11 is 5.58. The Morgan fingerprint density at radius 2 is 2.36 bits per heavy atom. The van der Waals surface area contributed by atoms with E-state index in [4.69, 9.17) is 17.3 Å². The monoisotopic (exact) mass is 213 g/mol. The average Bonchev–Trinajstić information content (AvgIpc) is 2.19. The highest BCUT2D eigenvalue weighted by atomic mass is 35.5. The number of nitrogens with zero attached hydrogens (tertiary/aromatic N) is 1. The van der Waals surface area contributed by atoms with Gasteiger partial charge in [-0.2, -0.15) is 0 Å². The lowest BCUT2D eigenvalue weighted by molar-refractivity contribution is 0.0953. The molecule has 0 aliphatic carbocycles. The van der Waals surface area contributed by atoms with Crippen molar-refractivity contribution in [2.24, 2.45) is 5.73 Å². The third kappa shape index (κ3) is 3.32. The van der Waals surface area contributed by atoms with Gasteiger partial charge in [0.1, 0.15) is 5.15 Å². The minimum absolute atomic E-state index is 0.150. The van der Waals surface area contributed by atoms with E-state index in [-0.39, 0.29) is 5.91 Å². The van der Waals surface area contributed by atoms with Crippen molar-refractivity contribution in [2.75, 3.05) is 13.1 Å². The molecular formula is C9H12ClN3O. The van der Waals surface area contributed by atoms with Crippen molar-refractivity contribution in [3.63, 3.8) is 0 Å². The molecule has 4 nitrogen and oxygen atoms in total. The molecule has 1 aromatic rings. The molecule has 0 bridgehead atoms. The summed E-state index contributed by atoms with van der Waals surface area (Å²) in [6.45, 7) is 1.15. The van der Waals surface area contributed by atoms with Crippen LogP contribution in [0.4, 0.5) is 0 Å². The first-order chi connectivity index (χ1) is 6.74. The number of aromatic nitrogens is 1. The first-order valence-electron chi connectivity index (χ1n) is 4.34. The van der Waals surface area contributed by atoms with Crippen LogP contribution in [0.25, 0.3) is 0 Å². The van der Waals surface area contributed by atoms with E-state index < -0.39 is 0 Å². The zero-order chi connectivity index (χ0) is 10.4. The number of pyridine rings is 1. The molecule has 1 amide bonds. The minimum atomic E-state index is -0.150. The van der Waals surface area contributed by atoms with Gasteiger partial charge in [0.15, 0.2) is 0 Å². The van der Waals surface area contributed by atoms with E-state index in [0.717, 1.165) is 6.42 Å². The lowest BCUT2D eigenvalue weighted by atomic mass is 10.2. The fourth-order valence-electron chi connectivity index (χ4n) is 0.916. The molecule has 0 aromatic carbocycles. The number of halogens is 1. The second-order valence-corrected chi connectivity index (χ2v) is 3.15. The van der Waals surface area contributed by atoms with Gasteiger partial charge in [-0.1, -0.05) is 11.6 Å². The molecule has 0 aliphatic rings. The maximum Gasteiger partial charge on any atom is 0.252 e. The number of nitrogens with one attached hydrogen (secondary N) is 1. The lowest BCUT2D eigenvalue weighted by Crippen LogP contribution is -2.25. The molecule has 1 rings (SSSR count). The predicted molar refractivity (Wildman–Crippen MR) is 55.3 cm³/mol. The molecule has 0 saturated heterocycles. The zero-order valence-corrected chi connectivity index (χ0v) is 8.42. The van der Waals surface area contributed by atoms with Gasteiger partial charge in [-0.25, -0.2) is 4.98 Å². The topological polar surface area (TPSA) is 68.0 Å². The van der Waals surface area contributed by atoms with Gasteiger partial charge in [-0.3, -0.25) is 4.79 Å². The SMILES string of the molecule is NCCCNC(=O)c1ccc(Cl)nc1. The summed E-state index contributed by atoms with van der Waals surface area (Å²) in [5.74, 6) is -0.150. The van der Waals surface area contributed by atoms with Crippen LogP contribution in [0.3, 0.4) is 0 Å². The molecule has 0 atom stereocenters. The van der Waals surface area contributed by atoms with Crippen molar-refractivity contribution >= 4 is 17.5 Å². The molecule has 0 fully saturated rings. The third-order valence-corrected chi connectivity index (χ3v) is 1.88. The van der Waals surface area contributed by atoms with Gasteiger partial charge < -0.3 is 11.1 Å². The van der Waals surface area contributed by atoms with E-state index in [0.29, 0.717) is 23.8 Å². The smallest absolute Gasteiger partial charge is 0.252 e.